The molecule has 0 bridgehead atoms. The van der Waals surface area contributed by atoms with Crippen LogP contribution in [0, 0.1) is 11.6 Å². The number of nitrogens with zero attached hydrogens (tertiary/aromatic N) is 1. The Balaban J connectivity index is 2.47. The Labute approximate surface area is 123 Å². The minimum Gasteiger partial charge on any atom is -0.355 e. The monoisotopic (exact) mass is 368 g/mol. The summed E-state index contributed by atoms with van der Waals surface area (Å²) in [6, 6.07) is 1.36. The number of nitrogens with one attached hydrogen (secondary N) is 1. The van der Waals surface area contributed by atoms with Gasteiger partial charge in [0, 0.05) is 23.6 Å². The molecule has 2 rings (SSSR count). The van der Waals surface area contributed by atoms with Crippen molar-refractivity contribution in [2.24, 2.45) is 0 Å². The number of carbonyl (C=O) groups is 1. The third-order valence-corrected chi connectivity index (χ3v) is 5.60. The van der Waals surface area contributed by atoms with Crippen LogP contribution in [-0.2, 0) is 14.8 Å². The molecule has 1 heterocycles. The molecule has 9 heteroatoms. The van der Waals surface area contributed by atoms with Gasteiger partial charge in [-0.1, -0.05) is 0 Å². The zero-order chi connectivity index (χ0) is 14.9. The molecule has 1 saturated heterocycles. The second kappa shape index (κ2) is 5.74. The third-order valence-electron chi connectivity index (χ3n) is 2.79. The van der Waals surface area contributed by atoms with Gasteiger partial charge in [-0.25, -0.2) is 17.2 Å². The van der Waals surface area contributed by atoms with Gasteiger partial charge in [0.05, 0.1) is 6.54 Å². The van der Waals surface area contributed by atoms with Crippen LogP contribution in [0.25, 0.3) is 0 Å². The average Bonchev–Trinajstić information content (AvgIpc) is 2.52. The first kappa shape index (κ1) is 15.3. The number of benzene rings is 1. The predicted molar refractivity (Wildman–Crippen MR) is 70.4 cm³/mol. The number of amides is 1. The Morgan fingerprint density at radius 2 is 2.00 bits per heavy atom. The van der Waals surface area contributed by atoms with Gasteiger partial charge in [0.25, 0.3) is 0 Å². The second-order valence-electron chi connectivity index (χ2n) is 4.24. The highest BCUT2D eigenvalue weighted by Crippen LogP contribution is 2.29. The van der Waals surface area contributed by atoms with Crippen LogP contribution in [0.3, 0.4) is 0 Å². The fourth-order valence-corrected chi connectivity index (χ4v) is 4.44. The van der Waals surface area contributed by atoms with Crippen molar-refractivity contribution < 1.29 is 22.0 Å². The maximum atomic E-state index is 13.8. The lowest BCUT2D eigenvalue weighted by molar-refractivity contribution is -0.120. The summed E-state index contributed by atoms with van der Waals surface area (Å²) in [6.45, 7) is 0.0633. The lowest BCUT2D eigenvalue weighted by Gasteiger charge is -2.20. The van der Waals surface area contributed by atoms with E-state index in [0.717, 1.165) is 10.4 Å². The normalized spacial score (nSPS) is 17.6. The maximum Gasteiger partial charge on any atom is 0.247 e. The molecule has 0 saturated carbocycles. The Morgan fingerprint density at radius 1 is 1.30 bits per heavy atom. The highest BCUT2D eigenvalue weighted by molar-refractivity contribution is 9.10. The zero-order valence-electron chi connectivity index (χ0n) is 10.2. The fourth-order valence-electron chi connectivity index (χ4n) is 1.89. The van der Waals surface area contributed by atoms with Gasteiger partial charge < -0.3 is 5.32 Å². The van der Waals surface area contributed by atoms with Crippen LogP contribution in [0.4, 0.5) is 8.78 Å². The van der Waals surface area contributed by atoms with Crippen molar-refractivity contribution in [3.63, 3.8) is 0 Å². The lowest BCUT2D eigenvalue weighted by Crippen LogP contribution is -2.37. The number of halogens is 3. The molecular weight excluding hydrogens is 358 g/mol. The van der Waals surface area contributed by atoms with E-state index < -0.39 is 32.5 Å². The van der Waals surface area contributed by atoms with Gasteiger partial charge in [-0.3, -0.25) is 4.79 Å². The zero-order valence-corrected chi connectivity index (χ0v) is 12.6. The first-order valence-electron chi connectivity index (χ1n) is 5.74. The first-order chi connectivity index (χ1) is 9.32. The number of hydrogen-bond donors (Lipinski definition) is 1. The van der Waals surface area contributed by atoms with Gasteiger partial charge in [0.15, 0.2) is 0 Å². The molecule has 0 aromatic heterocycles. The van der Waals surface area contributed by atoms with Crippen LogP contribution >= 0.6 is 15.9 Å². The van der Waals surface area contributed by atoms with Gasteiger partial charge >= 0.3 is 0 Å². The van der Waals surface area contributed by atoms with Crippen molar-refractivity contribution in [1.82, 2.24) is 9.62 Å². The van der Waals surface area contributed by atoms with E-state index >= 15 is 0 Å². The first-order valence-corrected chi connectivity index (χ1v) is 7.97. The van der Waals surface area contributed by atoms with E-state index in [-0.39, 0.29) is 17.6 Å². The van der Waals surface area contributed by atoms with E-state index in [0.29, 0.717) is 19.0 Å². The molecule has 1 aromatic rings. The van der Waals surface area contributed by atoms with Crippen LogP contribution < -0.4 is 5.32 Å². The molecule has 1 aliphatic rings. The summed E-state index contributed by atoms with van der Waals surface area (Å²) in [5.41, 5.74) is 0. The minimum atomic E-state index is -4.21. The fraction of sp³-hybridized carbons (Fsp3) is 0.364. The van der Waals surface area contributed by atoms with Crippen LogP contribution in [0.1, 0.15) is 6.42 Å². The summed E-state index contributed by atoms with van der Waals surface area (Å²) < 4.78 is 52.3. The number of hydrogen-bond acceptors (Lipinski definition) is 3. The number of carbonyl (C=O) groups excluding carboxylic acids is 1. The van der Waals surface area contributed by atoms with E-state index in [9.17, 15) is 22.0 Å². The molecule has 0 radical (unpaired) electrons. The minimum absolute atomic E-state index is 0.0876. The molecule has 0 aliphatic carbocycles. The van der Waals surface area contributed by atoms with Gasteiger partial charge in [0.2, 0.25) is 15.9 Å². The summed E-state index contributed by atoms with van der Waals surface area (Å²) in [5, 5.41) is 2.53. The number of sulfonamides is 1. The SMILES string of the molecule is O=C1CN(S(=O)(=O)c2c(F)cc(F)cc2Br)CCCN1. The highest BCUT2D eigenvalue weighted by Gasteiger charge is 2.32. The predicted octanol–water partition coefficient (Wildman–Crippen LogP) is 1.24. The topological polar surface area (TPSA) is 66.5 Å². The molecule has 0 atom stereocenters. The summed E-state index contributed by atoms with van der Waals surface area (Å²) in [5.74, 6) is -2.53. The van der Waals surface area contributed by atoms with Gasteiger partial charge in [-0.2, -0.15) is 4.31 Å². The molecule has 110 valence electrons. The molecular formula is C11H11BrF2N2O3S. The Hall–Kier alpha value is -1.06. The van der Waals surface area contributed by atoms with E-state index in [1.54, 1.807) is 0 Å². The lowest BCUT2D eigenvalue weighted by atomic mass is 10.3. The van der Waals surface area contributed by atoms with E-state index in [1.165, 1.54) is 0 Å². The summed E-state index contributed by atoms with van der Waals surface area (Å²) in [6.07, 6.45) is 0.422. The van der Waals surface area contributed by atoms with Crippen molar-refractivity contribution in [2.45, 2.75) is 11.3 Å². The second-order valence-corrected chi connectivity index (χ2v) is 6.97. The van der Waals surface area contributed by atoms with Crippen LogP contribution in [0.5, 0.6) is 0 Å². The van der Waals surface area contributed by atoms with Crippen molar-refractivity contribution in [1.29, 1.82) is 0 Å². The average molecular weight is 369 g/mol. The van der Waals surface area contributed by atoms with Crippen molar-refractivity contribution >= 4 is 31.9 Å². The van der Waals surface area contributed by atoms with E-state index in [1.807, 2.05) is 0 Å². The summed E-state index contributed by atoms with van der Waals surface area (Å²) in [4.78, 5) is 10.8. The van der Waals surface area contributed by atoms with Crippen LogP contribution in [0.15, 0.2) is 21.5 Å². The Kier molecular flexibility index (Phi) is 4.40. The van der Waals surface area contributed by atoms with Gasteiger partial charge in [-0.15, -0.1) is 0 Å². The number of rotatable bonds is 2. The van der Waals surface area contributed by atoms with E-state index in [4.69, 9.17) is 0 Å². The molecule has 1 aromatic carbocycles. The van der Waals surface area contributed by atoms with Gasteiger partial charge in [-0.05, 0) is 28.4 Å². The van der Waals surface area contributed by atoms with Crippen molar-refractivity contribution in [3.8, 4) is 0 Å². The quantitative estimate of drug-likeness (QED) is 0.853. The largest absolute Gasteiger partial charge is 0.355 e. The third kappa shape index (κ3) is 2.99. The summed E-state index contributed by atoms with van der Waals surface area (Å²) in [7, 11) is -4.21. The molecule has 5 nitrogen and oxygen atoms in total. The standard InChI is InChI=1S/C11H11BrF2N2O3S/c12-8-4-7(13)5-9(14)11(8)20(18,19)16-3-1-2-15-10(17)6-16/h4-5H,1-3,6H2,(H,15,17). The van der Waals surface area contributed by atoms with Crippen molar-refractivity contribution in [2.75, 3.05) is 19.6 Å². The van der Waals surface area contributed by atoms with Crippen LogP contribution in [-0.4, -0.2) is 38.3 Å². The molecule has 0 spiro atoms. The molecule has 1 amide bonds. The smallest absolute Gasteiger partial charge is 0.247 e. The Bertz CT molecular complexity index is 628. The van der Waals surface area contributed by atoms with Crippen LogP contribution in [0.2, 0.25) is 0 Å². The van der Waals surface area contributed by atoms with E-state index in [2.05, 4.69) is 21.2 Å². The van der Waals surface area contributed by atoms with Gasteiger partial charge in [0.1, 0.15) is 16.5 Å². The maximum absolute atomic E-state index is 13.8. The highest BCUT2D eigenvalue weighted by atomic mass is 79.9. The molecule has 1 fully saturated rings. The van der Waals surface area contributed by atoms with Crippen molar-refractivity contribution in [3.05, 3.63) is 28.2 Å². The molecule has 0 unspecified atom stereocenters. The molecule has 20 heavy (non-hydrogen) atoms. The summed E-state index contributed by atoms with van der Waals surface area (Å²) >= 11 is 2.85. The Morgan fingerprint density at radius 3 is 2.65 bits per heavy atom. The molecule has 1 aliphatic heterocycles. The molecule has 1 N–H and O–H groups in total.